The third-order valence-electron chi connectivity index (χ3n) is 3.33. The molecule has 0 aliphatic carbocycles. The van der Waals surface area contributed by atoms with Gasteiger partial charge in [0.15, 0.2) is 0 Å². The number of carboxylic acids is 3. The normalized spacial score (nSPS) is 10.7. The molecule has 0 bridgehead atoms. The quantitative estimate of drug-likeness (QED) is 0.306. The molecule has 0 saturated carbocycles. The van der Waals surface area contributed by atoms with Crippen LogP contribution in [0.3, 0.4) is 0 Å². The van der Waals surface area contributed by atoms with Crippen LogP contribution in [0.25, 0.3) is 0 Å². The first-order valence-corrected chi connectivity index (χ1v) is 7.68. The SMILES string of the molecule is C=CC[N+](CC=C)(CC=C)CC=C.O=C(O)CC(O)(CC(=O)O)C(=O)[O-]. The molecule has 0 aliphatic rings. The Kier molecular flexibility index (Phi) is 12.4. The number of aliphatic hydroxyl groups is 1. The maximum atomic E-state index is 10.2. The molecule has 8 nitrogen and oxygen atoms in total. The minimum absolute atomic E-state index is 0.903. The van der Waals surface area contributed by atoms with Crippen molar-refractivity contribution in [3.63, 3.8) is 0 Å². The fourth-order valence-corrected chi connectivity index (χ4v) is 2.25. The topological polar surface area (TPSA) is 135 Å². The van der Waals surface area contributed by atoms with Gasteiger partial charge in [-0.2, -0.15) is 0 Å². The predicted octanol–water partition coefficient (Wildman–Crippen LogP) is -0.0360. The molecule has 0 rings (SSSR count). The smallest absolute Gasteiger partial charge is 0.306 e. The van der Waals surface area contributed by atoms with Crippen LogP contribution in [-0.4, -0.2) is 69.5 Å². The van der Waals surface area contributed by atoms with E-state index in [1.54, 1.807) is 0 Å². The molecule has 146 valence electrons. The molecule has 0 aromatic heterocycles. The summed E-state index contributed by atoms with van der Waals surface area (Å²) < 4.78 is 0.903. The van der Waals surface area contributed by atoms with Crippen LogP contribution in [0.5, 0.6) is 0 Å². The van der Waals surface area contributed by atoms with Gasteiger partial charge in [-0.25, -0.2) is 0 Å². The van der Waals surface area contributed by atoms with Crippen LogP contribution in [0.15, 0.2) is 50.6 Å². The van der Waals surface area contributed by atoms with Gasteiger partial charge in [0, 0.05) is 0 Å². The maximum absolute atomic E-state index is 10.2. The number of carbonyl (C=O) groups is 3. The van der Waals surface area contributed by atoms with Gasteiger partial charge >= 0.3 is 11.9 Å². The van der Waals surface area contributed by atoms with Crippen LogP contribution in [-0.2, 0) is 14.4 Å². The largest absolute Gasteiger partial charge is 0.547 e. The Morgan fingerprint density at radius 2 is 1.08 bits per heavy atom. The van der Waals surface area contributed by atoms with Crippen molar-refractivity contribution in [3.05, 3.63) is 50.6 Å². The first-order valence-electron chi connectivity index (χ1n) is 7.68. The van der Waals surface area contributed by atoms with Crippen LogP contribution in [0.2, 0.25) is 0 Å². The zero-order valence-electron chi connectivity index (χ0n) is 14.8. The molecule has 8 heteroatoms. The van der Waals surface area contributed by atoms with Crippen LogP contribution < -0.4 is 5.11 Å². The van der Waals surface area contributed by atoms with Crippen molar-refractivity contribution in [2.75, 3.05) is 26.2 Å². The van der Waals surface area contributed by atoms with E-state index in [2.05, 4.69) is 26.3 Å². The Morgan fingerprint density at radius 1 is 0.808 bits per heavy atom. The van der Waals surface area contributed by atoms with Gasteiger partial charge in [0.05, 0.1) is 45.0 Å². The monoisotopic (exact) mass is 369 g/mol. The molecule has 26 heavy (non-hydrogen) atoms. The zero-order chi connectivity index (χ0) is 20.8. The van der Waals surface area contributed by atoms with E-state index >= 15 is 0 Å². The van der Waals surface area contributed by atoms with Gasteiger partial charge in [-0.05, 0) is 24.3 Å². The van der Waals surface area contributed by atoms with Crippen molar-refractivity contribution < 1.29 is 39.3 Å². The maximum Gasteiger partial charge on any atom is 0.306 e. The second-order valence-electron chi connectivity index (χ2n) is 5.69. The van der Waals surface area contributed by atoms with E-state index in [1.165, 1.54) is 0 Å². The van der Waals surface area contributed by atoms with Crippen LogP contribution >= 0.6 is 0 Å². The summed E-state index contributed by atoms with van der Waals surface area (Å²) in [6.07, 6.45) is 5.35. The highest BCUT2D eigenvalue weighted by Crippen LogP contribution is 2.14. The van der Waals surface area contributed by atoms with E-state index in [-0.39, 0.29) is 0 Å². The standard InChI is InChI=1S/C12H20N.C6H8O7/c1-5-9-13(10-6-2,11-7-3)12-8-4;7-3(8)1-6(13,5(11)12)2-4(9)10/h5-8H,1-4,9-12H2;13H,1-2H2,(H,7,8)(H,9,10)(H,11,12)/q+1;/p-1. The van der Waals surface area contributed by atoms with Crippen LogP contribution in [0.4, 0.5) is 0 Å². The fourth-order valence-electron chi connectivity index (χ4n) is 2.25. The molecule has 0 aromatic rings. The molecule has 3 N–H and O–H groups in total. The summed E-state index contributed by atoms with van der Waals surface area (Å²) in [5.74, 6) is -5.35. The Hall–Kier alpha value is -2.71. The minimum atomic E-state index is -2.85. The molecule has 0 heterocycles. The van der Waals surface area contributed by atoms with E-state index in [1.807, 2.05) is 24.3 Å². The van der Waals surface area contributed by atoms with E-state index < -0.39 is 36.4 Å². The van der Waals surface area contributed by atoms with Crippen molar-refractivity contribution in [1.29, 1.82) is 0 Å². The van der Waals surface area contributed by atoms with Crippen LogP contribution in [0, 0.1) is 0 Å². The first-order chi connectivity index (χ1) is 12.0. The molecule has 0 fully saturated rings. The summed E-state index contributed by atoms with van der Waals surface area (Å²) in [5, 5.41) is 35.5. The molecule has 0 radical (unpaired) electrons. The summed E-state index contributed by atoms with van der Waals surface area (Å²) in [6.45, 7) is 18.8. The summed E-state index contributed by atoms with van der Waals surface area (Å²) >= 11 is 0. The van der Waals surface area contributed by atoms with E-state index in [4.69, 9.17) is 15.3 Å². The molecule has 0 amide bonds. The van der Waals surface area contributed by atoms with Crippen molar-refractivity contribution in [3.8, 4) is 0 Å². The van der Waals surface area contributed by atoms with Crippen molar-refractivity contribution in [1.82, 2.24) is 0 Å². The minimum Gasteiger partial charge on any atom is -0.547 e. The summed E-state index contributed by atoms with van der Waals surface area (Å²) in [5.41, 5.74) is -2.85. The average Bonchev–Trinajstić information content (AvgIpc) is 2.47. The number of hydrogen-bond acceptors (Lipinski definition) is 5. The molecule has 0 aromatic carbocycles. The van der Waals surface area contributed by atoms with Gasteiger partial charge in [0.1, 0.15) is 5.60 Å². The molecular weight excluding hydrogens is 342 g/mol. The molecule has 0 unspecified atom stereocenters. The Balaban J connectivity index is 0. The number of aliphatic carboxylic acids is 3. The summed E-state index contributed by atoms with van der Waals surface area (Å²) in [6, 6.07) is 0. The molecular formula is C18H27NO7. The number of hydrogen-bond donors (Lipinski definition) is 3. The number of carboxylic acid groups (broad SMARTS) is 3. The van der Waals surface area contributed by atoms with E-state index in [9.17, 15) is 19.5 Å². The number of rotatable bonds is 13. The zero-order valence-corrected chi connectivity index (χ0v) is 14.8. The van der Waals surface area contributed by atoms with Crippen molar-refractivity contribution in [2.45, 2.75) is 18.4 Å². The average molecular weight is 369 g/mol. The lowest BCUT2D eigenvalue weighted by Crippen LogP contribution is -2.51. The first kappa shape index (κ1) is 25.5. The molecule has 0 aliphatic heterocycles. The van der Waals surface area contributed by atoms with Gasteiger partial charge < -0.3 is 29.7 Å². The number of quaternary nitrogens is 1. The highest BCUT2D eigenvalue weighted by molar-refractivity contribution is 5.86. The highest BCUT2D eigenvalue weighted by atomic mass is 16.4. The third-order valence-corrected chi connectivity index (χ3v) is 3.33. The van der Waals surface area contributed by atoms with Gasteiger partial charge in [-0.1, -0.05) is 26.3 Å². The van der Waals surface area contributed by atoms with Gasteiger partial charge in [-0.15, -0.1) is 0 Å². The van der Waals surface area contributed by atoms with E-state index in [0.29, 0.717) is 0 Å². The van der Waals surface area contributed by atoms with Crippen molar-refractivity contribution in [2.24, 2.45) is 0 Å². The van der Waals surface area contributed by atoms with Crippen LogP contribution in [0.1, 0.15) is 12.8 Å². The van der Waals surface area contributed by atoms with Gasteiger partial charge in [0.25, 0.3) is 0 Å². The third kappa shape index (κ3) is 10.2. The summed E-state index contributed by atoms with van der Waals surface area (Å²) in [4.78, 5) is 30.3. The highest BCUT2D eigenvalue weighted by Gasteiger charge is 2.34. The lowest BCUT2D eigenvalue weighted by atomic mass is 9.96. The van der Waals surface area contributed by atoms with Gasteiger partial charge in [-0.3, -0.25) is 9.59 Å². The molecule has 0 saturated heterocycles. The van der Waals surface area contributed by atoms with E-state index in [0.717, 1.165) is 30.7 Å². The van der Waals surface area contributed by atoms with Crippen molar-refractivity contribution >= 4 is 17.9 Å². The lowest BCUT2D eigenvalue weighted by Gasteiger charge is -2.35. The molecule has 0 spiro atoms. The predicted molar refractivity (Wildman–Crippen MR) is 95.0 cm³/mol. The number of nitrogens with zero attached hydrogens (tertiary/aromatic N) is 1. The lowest BCUT2D eigenvalue weighted by molar-refractivity contribution is -0.906. The number of carbonyl (C=O) groups excluding carboxylic acids is 1. The Bertz CT molecular complexity index is 478. The summed E-state index contributed by atoms with van der Waals surface area (Å²) in [7, 11) is 0. The second kappa shape index (κ2) is 12.6. The Morgan fingerprint density at radius 3 is 1.23 bits per heavy atom. The van der Waals surface area contributed by atoms with Gasteiger partial charge in [0.2, 0.25) is 0 Å². The molecule has 0 atom stereocenters. The fraction of sp³-hybridized carbons (Fsp3) is 0.389. The second-order valence-corrected chi connectivity index (χ2v) is 5.69. The Labute approximate surface area is 153 Å².